The zero-order valence-electron chi connectivity index (χ0n) is 10.8. The van der Waals surface area contributed by atoms with Crippen molar-refractivity contribution in [1.82, 2.24) is 0 Å². The van der Waals surface area contributed by atoms with Crippen LogP contribution >= 0.6 is 11.3 Å². The van der Waals surface area contributed by atoms with Crippen LogP contribution in [0, 0.1) is 11.8 Å². The highest BCUT2D eigenvalue weighted by molar-refractivity contribution is 7.14. The molecule has 1 amide bonds. The van der Waals surface area contributed by atoms with Crippen LogP contribution in [0.25, 0.3) is 0 Å². The Hall–Kier alpha value is -2.29. The number of thiophene rings is 1. The lowest BCUT2D eigenvalue weighted by Gasteiger charge is -2.04. The molecule has 5 heteroatoms. The van der Waals surface area contributed by atoms with Crippen LogP contribution in [-0.4, -0.2) is 24.7 Å². The fourth-order valence-electron chi connectivity index (χ4n) is 1.52. The molecule has 20 heavy (non-hydrogen) atoms. The van der Waals surface area contributed by atoms with Crippen LogP contribution in [0.1, 0.15) is 14.5 Å². The van der Waals surface area contributed by atoms with Crippen LogP contribution in [0.4, 0.5) is 5.69 Å². The zero-order chi connectivity index (χ0) is 14.4. The minimum Gasteiger partial charge on any atom is -0.497 e. The van der Waals surface area contributed by atoms with Gasteiger partial charge in [0.15, 0.2) is 0 Å². The summed E-state index contributed by atoms with van der Waals surface area (Å²) in [5.41, 5.74) is 0.701. The quantitative estimate of drug-likeness (QED) is 0.852. The maximum absolute atomic E-state index is 12.0. The number of hydrogen-bond acceptors (Lipinski definition) is 4. The van der Waals surface area contributed by atoms with Crippen molar-refractivity contribution in [1.29, 1.82) is 0 Å². The van der Waals surface area contributed by atoms with E-state index in [0.717, 1.165) is 10.6 Å². The van der Waals surface area contributed by atoms with E-state index >= 15 is 0 Å². The van der Waals surface area contributed by atoms with Gasteiger partial charge in [0.25, 0.3) is 5.91 Å². The van der Waals surface area contributed by atoms with E-state index in [1.165, 1.54) is 11.3 Å². The first-order valence-corrected chi connectivity index (χ1v) is 6.69. The minimum absolute atomic E-state index is 0.183. The second-order valence-corrected chi connectivity index (χ2v) is 4.89. The van der Waals surface area contributed by atoms with Crippen LogP contribution in [0.2, 0.25) is 0 Å². The summed E-state index contributed by atoms with van der Waals surface area (Å²) in [7, 11) is 1.59. The average molecular weight is 287 g/mol. The zero-order valence-corrected chi connectivity index (χ0v) is 11.7. The van der Waals surface area contributed by atoms with Crippen molar-refractivity contribution in [2.75, 3.05) is 19.0 Å². The molecule has 0 unspecified atom stereocenters. The third-order valence-corrected chi connectivity index (χ3v) is 3.47. The molecule has 1 aromatic carbocycles. The molecule has 0 atom stereocenters. The molecule has 0 aliphatic rings. The number of carbonyl (C=O) groups excluding carboxylic acids is 1. The van der Waals surface area contributed by atoms with Crippen LogP contribution in [-0.2, 0) is 0 Å². The Labute approximate surface area is 121 Å². The molecular weight excluding hydrogens is 274 g/mol. The normalized spacial score (nSPS) is 9.50. The van der Waals surface area contributed by atoms with Crippen molar-refractivity contribution >= 4 is 22.9 Å². The SMILES string of the molecule is COc1ccc(NC(=O)c2ccc(C#CCO)s2)cc1. The number of methoxy groups -OCH3 is 1. The Morgan fingerprint density at radius 1 is 1.30 bits per heavy atom. The Kier molecular flexibility index (Phi) is 4.77. The summed E-state index contributed by atoms with van der Waals surface area (Å²) in [5.74, 6) is 5.87. The first kappa shape index (κ1) is 14.1. The Bertz CT molecular complexity index is 650. The van der Waals surface area contributed by atoms with Gasteiger partial charge in [-0.25, -0.2) is 0 Å². The summed E-state index contributed by atoms with van der Waals surface area (Å²) in [4.78, 5) is 13.3. The number of anilines is 1. The molecule has 0 aliphatic carbocycles. The van der Waals surface area contributed by atoms with E-state index in [9.17, 15) is 4.79 Å². The van der Waals surface area contributed by atoms with Crippen LogP contribution < -0.4 is 10.1 Å². The minimum atomic E-state index is -0.189. The van der Waals surface area contributed by atoms with E-state index in [1.807, 2.05) is 0 Å². The summed E-state index contributed by atoms with van der Waals surface area (Å²) in [5, 5.41) is 11.4. The highest BCUT2D eigenvalue weighted by Crippen LogP contribution is 2.19. The van der Waals surface area contributed by atoms with Gasteiger partial charge in [-0.1, -0.05) is 11.8 Å². The summed E-state index contributed by atoms with van der Waals surface area (Å²) in [6.45, 7) is -0.189. The Balaban J connectivity index is 2.05. The van der Waals surface area contributed by atoms with Gasteiger partial charge < -0.3 is 15.2 Å². The van der Waals surface area contributed by atoms with Gasteiger partial charge in [0.1, 0.15) is 12.4 Å². The Morgan fingerprint density at radius 3 is 2.70 bits per heavy atom. The van der Waals surface area contributed by atoms with Gasteiger partial charge in [0, 0.05) is 5.69 Å². The second-order valence-electron chi connectivity index (χ2n) is 3.81. The maximum atomic E-state index is 12.0. The van der Waals surface area contributed by atoms with Gasteiger partial charge >= 0.3 is 0 Å². The van der Waals surface area contributed by atoms with Gasteiger partial charge in [-0.15, -0.1) is 11.3 Å². The van der Waals surface area contributed by atoms with E-state index in [-0.39, 0.29) is 12.5 Å². The average Bonchev–Trinajstić information content (AvgIpc) is 2.95. The molecule has 2 N–H and O–H groups in total. The molecule has 0 spiro atoms. The van der Waals surface area contributed by atoms with Gasteiger partial charge in [-0.3, -0.25) is 4.79 Å². The summed E-state index contributed by atoms with van der Waals surface area (Å²) in [6, 6.07) is 10.6. The lowest BCUT2D eigenvalue weighted by atomic mass is 10.3. The lowest BCUT2D eigenvalue weighted by molar-refractivity contribution is 0.103. The van der Waals surface area contributed by atoms with Crippen molar-refractivity contribution < 1.29 is 14.6 Å². The smallest absolute Gasteiger partial charge is 0.265 e. The molecule has 102 valence electrons. The van der Waals surface area contributed by atoms with Gasteiger partial charge in [-0.2, -0.15) is 0 Å². The van der Waals surface area contributed by atoms with Crippen molar-refractivity contribution in [2.45, 2.75) is 0 Å². The molecule has 2 rings (SSSR count). The van der Waals surface area contributed by atoms with Crippen molar-refractivity contribution in [3.05, 3.63) is 46.2 Å². The van der Waals surface area contributed by atoms with Gasteiger partial charge in [0.2, 0.25) is 0 Å². The van der Waals surface area contributed by atoms with Gasteiger partial charge in [0.05, 0.1) is 16.9 Å². The molecule has 2 aromatic rings. The summed E-state index contributed by atoms with van der Waals surface area (Å²) in [6.07, 6.45) is 0. The number of ether oxygens (including phenoxy) is 1. The molecule has 4 nitrogen and oxygen atoms in total. The van der Waals surface area contributed by atoms with Crippen LogP contribution in [0.5, 0.6) is 5.75 Å². The predicted molar refractivity (Wildman–Crippen MR) is 79.2 cm³/mol. The number of amides is 1. The first-order chi connectivity index (χ1) is 9.72. The molecule has 0 saturated heterocycles. The van der Waals surface area contributed by atoms with Crippen molar-refractivity contribution in [3.63, 3.8) is 0 Å². The topological polar surface area (TPSA) is 58.6 Å². The number of carbonyl (C=O) groups is 1. The van der Waals surface area contributed by atoms with E-state index in [1.54, 1.807) is 43.5 Å². The first-order valence-electron chi connectivity index (χ1n) is 5.88. The largest absolute Gasteiger partial charge is 0.497 e. The molecule has 0 saturated carbocycles. The number of hydrogen-bond donors (Lipinski definition) is 2. The number of aliphatic hydroxyl groups is 1. The van der Waals surface area contributed by atoms with E-state index in [2.05, 4.69) is 17.2 Å². The van der Waals surface area contributed by atoms with E-state index in [4.69, 9.17) is 9.84 Å². The molecular formula is C15H13NO3S. The molecule has 0 bridgehead atoms. The van der Waals surface area contributed by atoms with E-state index < -0.39 is 0 Å². The van der Waals surface area contributed by atoms with Crippen molar-refractivity contribution in [3.8, 4) is 17.6 Å². The second kappa shape index (κ2) is 6.75. The standard InChI is InChI=1S/C15H13NO3S/c1-19-12-6-4-11(5-7-12)16-15(18)14-9-8-13(20-14)3-2-10-17/h4-9,17H,10H2,1H3,(H,16,18). The lowest BCUT2D eigenvalue weighted by Crippen LogP contribution is -2.09. The Morgan fingerprint density at radius 2 is 2.05 bits per heavy atom. The third-order valence-electron chi connectivity index (χ3n) is 2.47. The molecule has 0 aliphatic heterocycles. The van der Waals surface area contributed by atoms with Gasteiger partial charge in [-0.05, 0) is 36.4 Å². The number of aliphatic hydroxyl groups excluding tert-OH is 1. The number of nitrogens with one attached hydrogen (secondary N) is 1. The summed E-state index contributed by atoms with van der Waals surface area (Å²) < 4.78 is 5.05. The van der Waals surface area contributed by atoms with E-state index in [0.29, 0.717) is 10.6 Å². The third kappa shape index (κ3) is 3.60. The highest BCUT2D eigenvalue weighted by atomic mass is 32.1. The molecule has 1 aromatic heterocycles. The predicted octanol–water partition coefficient (Wildman–Crippen LogP) is 2.35. The molecule has 1 heterocycles. The molecule has 0 fully saturated rings. The van der Waals surface area contributed by atoms with Crippen LogP contribution in [0.15, 0.2) is 36.4 Å². The maximum Gasteiger partial charge on any atom is 0.265 e. The number of benzene rings is 1. The highest BCUT2D eigenvalue weighted by Gasteiger charge is 2.08. The summed E-state index contributed by atoms with van der Waals surface area (Å²) >= 11 is 1.29. The monoisotopic (exact) mass is 287 g/mol. The van der Waals surface area contributed by atoms with Crippen LogP contribution in [0.3, 0.4) is 0 Å². The van der Waals surface area contributed by atoms with Crippen molar-refractivity contribution in [2.24, 2.45) is 0 Å². The fraction of sp³-hybridized carbons (Fsp3) is 0.133. The number of rotatable bonds is 3. The fourth-order valence-corrected chi connectivity index (χ4v) is 2.30. The molecule has 0 radical (unpaired) electrons.